The summed E-state index contributed by atoms with van der Waals surface area (Å²) in [6.45, 7) is 0. The van der Waals surface area contributed by atoms with E-state index in [0.717, 1.165) is 32.1 Å². The lowest BCUT2D eigenvalue weighted by atomic mass is 9.49. The fourth-order valence-electron chi connectivity index (χ4n) is 5.55. The number of nitrogens with one attached hydrogen (secondary N) is 1. The molecule has 0 aliphatic heterocycles. The molecule has 24 heavy (non-hydrogen) atoms. The molecule has 2 unspecified atom stereocenters. The molecule has 4 bridgehead atoms. The number of anilines is 1. The molecule has 4 aliphatic carbocycles. The zero-order valence-electron chi connectivity index (χ0n) is 13.8. The number of rotatable bonds is 3. The van der Waals surface area contributed by atoms with Crippen LogP contribution in [0.4, 0.5) is 5.69 Å². The molecule has 0 saturated heterocycles. The van der Waals surface area contributed by atoms with Crippen molar-refractivity contribution in [3.8, 4) is 0 Å². The van der Waals surface area contributed by atoms with Crippen molar-refractivity contribution in [1.82, 2.24) is 0 Å². The van der Waals surface area contributed by atoms with E-state index in [9.17, 15) is 9.59 Å². The molecule has 5 rings (SSSR count). The van der Waals surface area contributed by atoms with E-state index in [1.54, 1.807) is 18.2 Å². The second kappa shape index (κ2) is 5.48. The van der Waals surface area contributed by atoms with E-state index in [1.165, 1.54) is 13.5 Å². The first-order valence-electron chi connectivity index (χ1n) is 8.61. The van der Waals surface area contributed by atoms with E-state index in [0.29, 0.717) is 23.1 Å². The SMILES string of the molecule is COC(=O)c1ccccc1NC(=O)C12CC3CC(CC(Cl)(C3)C1)C2. The van der Waals surface area contributed by atoms with E-state index >= 15 is 0 Å². The second-order valence-corrected chi connectivity index (χ2v) is 8.69. The first-order valence-corrected chi connectivity index (χ1v) is 8.99. The molecule has 1 N–H and O–H groups in total. The minimum Gasteiger partial charge on any atom is -0.465 e. The molecular formula is C19H22ClNO3. The molecule has 4 fully saturated rings. The van der Waals surface area contributed by atoms with E-state index in [-0.39, 0.29) is 16.2 Å². The van der Waals surface area contributed by atoms with Crippen LogP contribution in [0.2, 0.25) is 0 Å². The number of hydrogen-bond acceptors (Lipinski definition) is 3. The minimum absolute atomic E-state index is 0.0120. The van der Waals surface area contributed by atoms with Gasteiger partial charge in [0.25, 0.3) is 0 Å². The fraction of sp³-hybridized carbons (Fsp3) is 0.579. The summed E-state index contributed by atoms with van der Waals surface area (Å²) in [5.74, 6) is 0.693. The number of ether oxygens (including phenoxy) is 1. The molecule has 5 heteroatoms. The minimum atomic E-state index is -0.440. The van der Waals surface area contributed by atoms with Crippen LogP contribution in [0.1, 0.15) is 48.9 Å². The number of halogens is 1. The monoisotopic (exact) mass is 347 g/mol. The van der Waals surface area contributed by atoms with Crippen LogP contribution < -0.4 is 5.32 Å². The van der Waals surface area contributed by atoms with E-state index in [1.807, 2.05) is 6.07 Å². The lowest BCUT2D eigenvalue weighted by Crippen LogP contribution is -2.57. The fourth-order valence-corrected chi connectivity index (χ4v) is 6.24. The van der Waals surface area contributed by atoms with Crippen LogP contribution in [0.3, 0.4) is 0 Å². The van der Waals surface area contributed by atoms with E-state index in [2.05, 4.69) is 5.32 Å². The summed E-state index contributed by atoms with van der Waals surface area (Å²) in [7, 11) is 1.34. The number of benzene rings is 1. The number of amides is 1. The maximum Gasteiger partial charge on any atom is 0.339 e. The van der Waals surface area contributed by atoms with Crippen LogP contribution >= 0.6 is 11.6 Å². The predicted octanol–water partition coefficient (Wildman–Crippen LogP) is 3.99. The molecule has 1 aromatic rings. The maximum absolute atomic E-state index is 13.1. The first kappa shape index (κ1) is 15.9. The average Bonchev–Trinajstić information content (AvgIpc) is 2.52. The van der Waals surface area contributed by atoms with Crippen LogP contribution in [-0.2, 0) is 9.53 Å². The molecule has 4 aliphatic rings. The average molecular weight is 348 g/mol. The van der Waals surface area contributed by atoms with Gasteiger partial charge in [-0.3, -0.25) is 4.79 Å². The smallest absolute Gasteiger partial charge is 0.339 e. The molecule has 0 heterocycles. The van der Waals surface area contributed by atoms with Gasteiger partial charge in [-0.1, -0.05) is 12.1 Å². The van der Waals surface area contributed by atoms with Crippen molar-refractivity contribution in [1.29, 1.82) is 0 Å². The summed E-state index contributed by atoms with van der Waals surface area (Å²) in [5, 5.41) is 3.00. The van der Waals surface area contributed by atoms with Crippen molar-refractivity contribution in [3.05, 3.63) is 29.8 Å². The normalized spacial score (nSPS) is 36.4. The molecule has 4 saturated carbocycles. The van der Waals surface area contributed by atoms with Crippen molar-refractivity contribution in [2.24, 2.45) is 17.3 Å². The molecule has 128 valence electrons. The third-order valence-electron chi connectivity index (χ3n) is 6.05. The Morgan fingerprint density at radius 3 is 2.46 bits per heavy atom. The lowest BCUT2D eigenvalue weighted by Gasteiger charge is -2.59. The number of carbonyl (C=O) groups excluding carboxylic acids is 2. The summed E-state index contributed by atoms with van der Waals surface area (Å²) in [4.78, 5) is 24.9. The zero-order valence-corrected chi connectivity index (χ0v) is 14.6. The second-order valence-electron chi connectivity index (χ2n) is 7.88. The highest BCUT2D eigenvalue weighted by Crippen LogP contribution is 2.64. The summed E-state index contributed by atoms with van der Waals surface area (Å²) in [6.07, 6.45) is 5.88. The standard InChI is InChI=1S/C19H22ClNO3/c1-24-16(22)14-4-2-3-5-15(14)21-17(23)18-7-12-6-13(8-18)10-19(20,9-12)11-18/h2-5,12-13H,6-11H2,1H3,(H,21,23). The van der Waals surface area contributed by atoms with Crippen molar-refractivity contribution in [2.45, 2.75) is 43.4 Å². The Morgan fingerprint density at radius 2 is 1.83 bits per heavy atom. The van der Waals surface area contributed by atoms with Crippen LogP contribution in [-0.4, -0.2) is 23.9 Å². The van der Waals surface area contributed by atoms with Gasteiger partial charge >= 0.3 is 5.97 Å². The first-order chi connectivity index (χ1) is 11.4. The summed E-state index contributed by atoms with van der Waals surface area (Å²) >= 11 is 6.82. The van der Waals surface area contributed by atoms with E-state index in [4.69, 9.17) is 16.3 Å². The molecule has 1 amide bonds. The molecule has 0 spiro atoms. The number of carbonyl (C=O) groups is 2. The maximum atomic E-state index is 13.1. The Morgan fingerprint density at radius 1 is 1.17 bits per heavy atom. The Bertz CT molecular complexity index is 688. The summed E-state index contributed by atoms with van der Waals surface area (Å²) < 4.78 is 4.81. The highest BCUT2D eigenvalue weighted by Gasteiger charge is 2.60. The third-order valence-corrected chi connectivity index (χ3v) is 6.49. The Kier molecular flexibility index (Phi) is 3.64. The number of methoxy groups -OCH3 is 1. The molecule has 4 nitrogen and oxygen atoms in total. The lowest BCUT2D eigenvalue weighted by molar-refractivity contribution is -0.138. The van der Waals surface area contributed by atoms with Gasteiger partial charge in [0.15, 0.2) is 0 Å². The van der Waals surface area contributed by atoms with Gasteiger partial charge in [-0.15, -0.1) is 11.6 Å². The van der Waals surface area contributed by atoms with Gasteiger partial charge in [0, 0.05) is 4.87 Å². The molecule has 0 radical (unpaired) electrons. The summed E-state index contributed by atoms with van der Waals surface area (Å²) in [6, 6.07) is 7.00. The van der Waals surface area contributed by atoms with Crippen molar-refractivity contribution in [2.75, 3.05) is 12.4 Å². The largest absolute Gasteiger partial charge is 0.465 e. The Labute approximate surface area is 146 Å². The molecule has 1 aromatic carbocycles. The highest BCUT2D eigenvalue weighted by molar-refractivity contribution is 6.24. The van der Waals surface area contributed by atoms with Gasteiger partial charge in [-0.2, -0.15) is 0 Å². The van der Waals surface area contributed by atoms with Crippen LogP contribution in [0.5, 0.6) is 0 Å². The number of esters is 1. The van der Waals surface area contributed by atoms with Gasteiger partial charge in [0.1, 0.15) is 0 Å². The Balaban J connectivity index is 1.61. The summed E-state index contributed by atoms with van der Waals surface area (Å²) in [5.41, 5.74) is 0.530. The van der Waals surface area contributed by atoms with Crippen molar-refractivity contribution in [3.63, 3.8) is 0 Å². The number of hydrogen-bond donors (Lipinski definition) is 1. The topological polar surface area (TPSA) is 55.4 Å². The van der Waals surface area contributed by atoms with Gasteiger partial charge in [-0.25, -0.2) is 4.79 Å². The van der Waals surface area contributed by atoms with Gasteiger partial charge < -0.3 is 10.1 Å². The van der Waals surface area contributed by atoms with E-state index < -0.39 is 5.97 Å². The third kappa shape index (κ3) is 2.52. The Hall–Kier alpha value is -1.55. The van der Waals surface area contributed by atoms with Crippen molar-refractivity contribution < 1.29 is 14.3 Å². The van der Waals surface area contributed by atoms with Crippen LogP contribution in [0.25, 0.3) is 0 Å². The highest BCUT2D eigenvalue weighted by atomic mass is 35.5. The van der Waals surface area contributed by atoms with Crippen LogP contribution in [0.15, 0.2) is 24.3 Å². The van der Waals surface area contributed by atoms with Crippen LogP contribution in [0, 0.1) is 17.3 Å². The number of alkyl halides is 1. The molecular weight excluding hydrogens is 326 g/mol. The van der Waals surface area contributed by atoms with Gasteiger partial charge in [0.2, 0.25) is 5.91 Å². The zero-order chi connectivity index (χ0) is 16.9. The van der Waals surface area contributed by atoms with Crippen molar-refractivity contribution >= 4 is 29.2 Å². The molecule has 2 atom stereocenters. The van der Waals surface area contributed by atoms with Gasteiger partial charge in [-0.05, 0) is 62.5 Å². The number of para-hydroxylation sites is 1. The predicted molar refractivity (Wildman–Crippen MR) is 92.1 cm³/mol. The molecule has 0 aromatic heterocycles. The quantitative estimate of drug-likeness (QED) is 0.664. The van der Waals surface area contributed by atoms with Gasteiger partial charge in [0.05, 0.1) is 23.8 Å².